The molecule has 0 radical (unpaired) electrons. The number of piperazine rings is 1. The molecule has 2 aliphatic rings. The highest BCUT2D eigenvalue weighted by atomic mass is 16.6. The average molecular weight is 254 g/mol. The van der Waals surface area contributed by atoms with Gasteiger partial charge in [0.15, 0.2) is 0 Å². The van der Waals surface area contributed by atoms with Gasteiger partial charge in [-0.25, -0.2) is 4.79 Å². The lowest BCUT2D eigenvalue weighted by atomic mass is 10.1. The lowest BCUT2D eigenvalue weighted by Crippen LogP contribution is -2.57. The Morgan fingerprint density at radius 3 is 2.06 bits per heavy atom. The van der Waals surface area contributed by atoms with Crippen molar-refractivity contribution in [2.24, 2.45) is 0 Å². The van der Waals surface area contributed by atoms with Crippen LogP contribution in [0.15, 0.2) is 0 Å². The van der Waals surface area contributed by atoms with E-state index in [1.807, 2.05) is 25.7 Å². The lowest BCUT2D eigenvalue weighted by Gasteiger charge is -2.43. The molecule has 0 aliphatic carbocycles. The van der Waals surface area contributed by atoms with Crippen LogP contribution in [-0.2, 0) is 4.74 Å². The van der Waals surface area contributed by atoms with Crippen LogP contribution in [0, 0.1) is 0 Å². The molecule has 2 fully saturated rings. The van der Waals surface area contributed by atoms with Crippen LogP contribution in [0.1, 0.15) is 47.5 Å². The number of amides is 1. The number of likely N-dealkylation sites (tertiary alicyclic amines) is 1. The first-order valence-electron chi connectivity index (χ1n) is 7.03. The summed E-state index contributed by atoms with van der Waals surface area (Å²) in [7, 11) is 0. The van der Waals surface area contributed by atoms with Gasteiger partial charge in [0.05, 0.1) is 0 Å². The molecule has 1 amide bonds. The third-order valence-corrected chi connectivity index (χ3v) is 3.79. The Labute approximate surface area is 110 Å². The largest absolute Gasteiger partial charge is 0.444 e. The van der Waals surface area contributed by atoms with Crippen LogP contribution in [-0.4, -0.2) is 52.7 Å². The number of hydrogen-bond acceptors (Lipinski definition) is 3. The number of carbonyl (C=O) groups excluding carboxylic acids is 1. The summed E-state index contributed by atoms with van der Waals surface area (Å²) in [6, 6.07) is 1.62. The number of hydrogen-bond donors (Lipinski definition) is 0. The predicted octanol–water partition coefficient (Wildman–Crippen LogP) is 2.48. The molecule has 2 rings (SSSR count). The molecule has 2 bridgehead atoms. The van der Waals surface area contributed by atoms with Crippen LogP contribution in [0.25, 0.3) is 0 Å². The third-order valence-electron chi connectivity index (χ3n) is 3.79. The molecule has 0 aromatic carbocycles. The Balaban J connectivity index is 1.98. The fourth-order valence-electron chi connectivity index (χ4n) is 3.25. The van der Waals surface area contributed by atoms with Gasteiger partial charge in [0.1, 0.15) is 5.60 Å². The molecule has 0 aromatic heterocycles. The van der Waals surface area contributed by atoms with Crippen molar-refractivity contribution in [3.63, 3.8) is 0 Å². The highest BCUT2D eigenvalue weighted by molar-refractivity contribution is 5.68. The number of carbonyl (C=O) groups is 1. The van der Waals surface area contributed by atoms with Crippen molar-refractivity contribution in [3.8, 4) is 0 Å². The zero-order chi connectivity index (χ0) is 13.5. The van der Waals surface area contributed by atoms with E-state index in [-0.39, 0.29) is 6.09 Å². The van der Waals surface area contributed by atoms with Gasteiger partial charge < -0.3 is 9.64 Å². The Morgan fingerprint density at radius 2 is 1.67 bits per heavy atom. The van der Waals surface area contributed by atoms with Gasteiger partial charge in [-0.3, -0.25) is 4.90 Å². The van der Waals surface area contributed by atoms with Crippen molar-refractivity contribution >= 4 is 6.09 Å². The molecular weight excluding hydrogens is 228 g/mol. The van der Waals surface area contributed by atoms with Crippen LogP contribution >= 0.6 is 0 Å². The van der Waals surface area contributed by atoms with Crippen molar-refractivity contribution in [1.82, 2.24) is 9.80 Å². The van der Waals surface area contributed by atoms with E-state index in [4.69, 9.17) is 4.74 Å². The van der Waals surface area contributed by atoms with E-state index in [0.717, 1.165) is 13.1 Å². The van der Waals surface area contributed by atoms with Crippen LogP contribution in [0.2, 0.25) is 0 Å². The smallest absolute Gasteiger partial charge is 0.410 e. The van der Waals surface area contributed by atoms with Crippen molar-refractivity contribution in [3.05, 3.63) is 0 Å². The molecule has 0 spiro atoms. The molecule has 2 heterocycles. The molecule has 0 saturated carbocycles. The molecule has 2 atom stereocenters. The summed E-state index contributed by atoms with van der Waals surface area (Å²) in [5, 5.41) is 0. The number of fused-ring (bicyclic) bond motifs is 2. The second kappa shape index (κ2) is 4.72. The summed E-state index contributed by atoms with van der Waals surface area (Å²) in [6.07, 6.45) is 2.27. The maximum absolute atomic E-state index is 12.1. The van der Waals surface area contributed by atoms with E-state index in [1.165, 1.54) is 12.8 Å². The van der Waals surface area contributed by atoms with E-state index in [1.54, 1.807) is 0 Å². The van der Waals surface area contributed by atoms with E-state index in [9.17, 15) is 4.79 Å². The van der Waals surface area contributed by atoms with Crippen LogP contribution in [0.5, 0.6) is 0 Å². The number of nitrogens with zero attached hydrogens (tertiary/aromatic N) is 2. The number of ether oxygens (including phenoxy) is 1. The first kappa shape index (κ1) is 13.7. The Kier molecular flexibility index (Phi) is 3.58. The standard InChI is InChI=1S/C14H26N2O2/c1-10(2)16-11-6-7-12(16)9-15(8-11)13(17)18-14(3,4)5/h10-12H,6-9H2,1-5H3. The van der Waals surface area contributed by atoms with Crippen LogP contribution in [0.3, 0.4) is 0 Å². The molecule has 0 N–H and O–H groups in total. The normalized spacial score (nSPS) is 28.9. The maximum Gasteiger partial charge on any atom is 0.410 e. The summed E-state index contributed by atoms with van der Waals surface area (Å²) in [4.78, 5) is 16.6. The summed E-state index contributed by atoms with van der Waals surface area (Å²) in [5.74, 6) is 0. The minimum Gasteiger partial charge on any atom is -0.444 e. The zero-order valence-corrected chi connectivity index (χ0v) is 12.3. The van der Waals surface area contributed by atoms with Gasteiger partial charge in [-0.15, -0.1) is 0 Å². The zero-order valence-electron chi connectivity index (χ0n) is 12.3. The average Bonchev–Trinajstić information content (AvgIpc) is 2.47. The topological polar surface area (TPSA) is 32.8 Å². The highest BCUT2D eigenvalue weighted by Crippen LogP contribution is 2.32. The van der Waals surface area contributed by atoms with Gasteiger partial charge in [0.2, 0.25) is 0 Å². The maximum atomic E-state index is 12.1. The lowest BCUT2D eigenvalue weighted by molar-refractivity contribution is -0.00479. The van der Waals surface area contributed by atoms with E-state index in [2.05, 4.69) is 18.7 Å². The molecular formula is C14H26N2O2. The van der Waals surface area contributed by atoms with Gasteiger partial charge in [0, 0.05) is 31.2 Å². The Hall–Kier alpha value is -0.770. The molecule has 18 heavy (non-hydrogen) atoms. The molecule has 0 aromatic rings. The van der Waals surface area contributed by atoms with E-state index in [0.29, 0.717) is 18.1 Å². The van der Waals surface area contributed by atoms with Crippen LogP contribution < -0.4 is 0 Å². The SMILES string of the molecule is CC(C)N1C2CCC1CN(C(=O)OC(C)(C)C)C2. The Morgan fingerprint density at radius 1 is 1.17 bits per heavy atom. The summed E-state index contributed by atoms with van der Waals surface area (Å²) in [6.45, 7) is 11.9. The van der Waals surface area contributed by atoms with Crippen LogP contribution in [0.4, 0.5) is 4.79 Å². The Bertz CT molecular complexity index is 308. The van der Waals surface area contributed by atoms with Gasteiger partial charge in [-0.1, -0.05) is 0 Å². The van der Waals surface area contributed by atoms with Crippen molar-refractivity contribution in [2.45, 2.75) is 71.2 Å². The fraction of sp³-hybridized carbons (Fsp3) is 0.929. The van der Waals surface area contributed by atoms with Gasteiger partial charge in [-0.05, 0) is 47.5 Å². The van der Waals surface area contributed by atoms with E-state index < -0.39 is 5.60 Å². The quantitative estimate of drug-likeness (QED) is 0.720. The minimum atomic E-state index is -0.398. The first-order valence-corrected chi connectivity index (χ1v) is 7.03. The fourth-order valence-corrected chi connectivity index (χ4v) is 3.25. The molecule has 2 saturated heterocycles. The minimum absolute atomic E-state index is 0.150. The molecule has 4 nitrogen and oxygen atoms in total. The summed E-state index contributed by atoms with van der Waals surface area (Å²) < 4.78 is 5.47. The monoisotopic (exact) mass is 254 g/mol. The van der Waals surface area contributed by atoms with Crippen molar-refractivity contribution in [1.29, 1.82) is 0 Å². The second-order valence-corrected chi connectivity index (χ2v) is 6.81. The molecule has 2 aliphatic heterocycles. The summed E-state index contributed by atoms with van der Waals surface area (Å²) >= 11 is 0. The van der Waals surface area contributed by atoms with Gasteiger partial charge in [0.25, 0.3) is 0 Å². The number of rotatable bonds is 1. The molecule has 2 unspecified atom stereocenters. The van der Waals surface area contributed by atoms with Gasteiger partial charge in [-0.2, -0.15) is 0 Å². The first-order chi connectivity index (χ1) is 8.28. The van der Waals surface area contributed by atoms with Crippen molar-refractivity contribution < 1.29 is 9.53 Å². The third kappa shape index (κ3) is 2.79. The summed E-state index contributed by atoms with van der Waals surface area (Å²) in [5.41, 5.74) is -0.398. The van der Waals surface area contributed by atoms with Gasteiger partial charge >= 0.3 is 6.09 Å². The van der Waals surface area contributed by atoms with E-state index >= 15 is 0 Å². The molecule has 104 valence electrons. The predicted molar refractivity (Wildman–Crippen MR) is 71.6 cm³/mol. The molecule has 4 heteroatoms. The van der Waals surface area contributed by atoms with Crippen molar-refractivity contribution in [2.75, 3.05) is 13.1 Å². The second-order valence-electron chi connectivity index (χ2n) is 6.81. The highest BCUT2D eigenvalue weighted by Gasteiger charge is 2.43.